The highest BCUT2D eigenvalue weighted by atomic mass is 16.5. The Morgan fingerprint density at radius 2 is 1.95 bits per heavy atom. The van der Waals surface area contributed by atoms with E-state index in [0.29, 0.717) is 11.5 Å². The number of methoxy groups -OCH3 is 1. The van der Waals surface area contributed by atoms with Crippen LogP contribution in [0.25, 0.3) is 16.7 Å². The Morgan fingerprint density at radius 1 is 1.20 bits per heavy atom. The predicted molar refractivity (Wildman–Crippen MR) is 78.0 cm³/mol. The highest BCUT2D eigenvalue weighted by Crippen LogP contribution is 2.24. The van der Waals surface area contributed by atoms with E-state index in [2.05, 4.69) is 4.98 Å². The van der Waals surface area contributed by atoms with Gasteiger partial charge in [0.1, 0.15) is 18.2 Å². The lowest BCUT2D eigenvalue weighted by atomic mass is 10.2. The second-order valence-electron chi connectivity index (χ2n) is 4.47. The van der Waals surface area contributed by atoms with E-state index in [1.807, 2.05) is 41.0 Å². The zero-order valence-electron chi connectivity index (χ0n) is 11.1. The number of nitrogen functional groups attached to an aromatic ring is 1. The fourth-order valence-corrected chi connectivity index (χ4v) is 2.27. The van der Waals surface area contributed by atoms with E-state index in [1.165, 1.54) is 0 Å². The normalized spacial score (nSPS) is 10.9. The summed E-state index contributed by atoms with van der Waals surface area (Å²) in [4.78, 5) is 4.41. The van der Waals surface area contributed by atoms with Gasteiger partial charge in [-0.25, -0.2) is 4.98 Å². The Morgan fingerprint density at radius 3 is 2.60 bits per heavy atom. The van der Waals surface area contributed by atoms with Crippen molar-refractivity contribution < 1.29 is 9.84 Å². The summed E-state index contributed by atoms with van der Waals surface area (Å²) in [6, 6.07) is 13.1. The smallest absolute Gasteiger partial charge is 0.140 e. The first-order chi connectivity index (χ1) is 9.72. The van der Waals surface area contributed by atoms with Gasteiger partial charge in [-0.1, -0.05) is 0 Å². The summed E-state index contributed by atoms with van der Waals surface area (Å²) in [6.07, 6.45) is 0. The molecule has 0 saturated carbocycles. The summed E-state index contributed by atoms with van der Waals surface area (Å²) in [5.41, 5.74) is 9.02. The molecule has 0 fully saturated rings. The molecular formula is C15H15N3O2. The molecule has 5 nitrogen and oxygen atoms in total. The van der Waals surface area contributed by atoms with Gasteiger partial charge in [-0.2, -0.15) is 0 Å². The van der Waals surface area contributed by atoms with Crippen molar-refractivity contribution in [2.45, 2.75) is 6.61 Å². The van der Waals surface area contributed by atoms with Gasteiger partial charge in [-0.15, -0.1) is 0 Å². The molecule has 3 rings (SSSR count). The van der Waals surface area contributed by atoms with Crippen LogP contribution in [0.15, 0.2) is 42.5 Å². The average Bonchev–Trinajstić information content (AvgIpc) is 2.84. The Labute approximate surface area is 116 Å². The highest BCUT2D eigenvalue weighted by Gasteiger charge is 2.11. The number of nitrogens with zero attached hydrogens (tertiary/aromatic N) is 2. The van der Waals surface area contributed by atoms with Crippen molar-refractivity contribution in [2.75, 3.05) is 12.8 Å². The molecule has 0 radical (unpaired) electrons. The van der Waals surface area contributed by atoms with Gasteiger partial charge in [-0.3, -0.25) is 4.57 Å². The lowest BCUT2D eigenvalue weighted by molar-refractivity contribution is 0.270. The van der Waals surface area contributed by atoms with E-state index < -0.39 is 0 Å². The van der Waals surface area contributed by atoms with Gasteiger partial charge in [-0.05, 0) is 42.5 Å². The number of rotatable bonds is 3. The number of ether oxygens (including phenoxy) is 1. The Balaban J connectivity index is 2.22. The molecule has 0 unspecified atom stereocenters. The number of fused-ring (bicyclic) bond motifs is 1. The zero-order chi connectivity index (χ0) is 14.1. The second kappa shape index (κ2) is 4.86. The van der Waals surface area contributed by atoms with E-state index in [0.717, 1.165) is 22.5 Å². The van der Waals surface area contributed by atoms with Gasteiger partial charge in [0.15, 0.2) is 0 Å². The van der Waals surface area contributed by atoms with Crippen LogP contribution in [0.3, 0.4) is 0 Å². The van der Waals surface area contributed by atoms with Crippen LogP contribution in [0.1, 0.15) is 5.82 Å². The van der Waals surface area contributed by atoms with E-state index in [-0.39, 0.29) is 6.61 Å². The maximum atomic E-state index is 9.51. The molecule has 2 aromatic carbocycles. The summed E-state index contributed by atoms with van der Waals surface area (Å²) in [6.45, 7) is -0.138. The van der Waals surface area contributed by atoms with E-state index in [4.69, 9.17) is 10.5 Å². The van der Waals surface area contributed by atoms with Crippen LogP contribution in [-0.4, -0.2) is 21.8 Å². The van der Waals surface area contributed by atoms with Crippen LogP contribution < -0.4 is 10.5 Å². The summed E-state index contributed by atoms with van der Waals surface area (Å²) < 4.78 is 7.07. The Bertz CT molecular complexity index is 748. The van der Waals surface area contributed by atoms with Crippen molar-refractivity contribution in [2.24, 2.45) is 0 Å². The van der Waals surface area contributed by atoms with Gasteiger partial charge < -0.3 is 15.6 Å². The molecule has 102 valence electrons. The van der Waals surface area contributed by atoms with Gasteiger partial charge in [0.25, 0.3) is 0 Å². The minimum atomic E-state index is -0.138. The molecule has 0 amide bonds. The first-order valence-electron chi connectivity index (χ1n) is 6.25. The fraction of sp³-hybridized carbons (Fsp3) is 0.133. The third kappa shape index (κ3) is 1.98. The topological polar surface area (TPSA) is 73.3 Å². The van der Waals surface area contributed by atoms with Gasteiger partial charge in [0.2, 0.25) is 0 Å². The quantitative estimate of drug-likeness (QED) is 0.714. The molecule has 0 spiro atoms. The monoisotopic (exact) mass is 269 g/mol. The number of aliphatic hydroxyl groups is 1. The number of aliphatic hydroxyl groups excluding tert-OH is 1. The van der Waals surface area contributed by atoms with E-state index in [1.54, 1.807) is 13.2 Å². The number of aromatic nitrogens is 2. The molecule has 1 aromatic heterocycles. The molecule has 3 aromatic rings. The minimum absolute atomic E-state index is 0.138. The second-order valence-corrected chi connectivity index (χ2v) is 4.47. The molecule has 0 aliphatic rings. The number of anilines is 1. The third-order valence-electron chi connectivity index (χ3n) is 3.22. The zero-order valence-corrected chi connectivity index (χ0v) is 11.1. The SMILES string of the molecule is COc1ccc(-n2c(CO)nc3cc(N)ccc32)cc1. The van der Waals surface area contributed by atoms with Crippen molar-refractivity contribution in [1.29, 1.82) is 0 Å². The Kier molecular flexibility index (Phi) is 3.04. The lowest BCUT2D eigenvalue weighted by Crippen LogP contribution is -2.01. The van der Waals surface area contributed by atoms with Crippen LogP contribution in [0, 0.1) is 0 Å². The van der Waals surface area contributed by atoms with Crippen LogP contribution in [0.5, 0.6) is 5.75 Å². The number of benzene rings is 2. The first-order valence-corrected chi connectivity index (χ1v) is 6.25. The van der Waals surface area contributed by atoms with Crippen LogP contribution in [-0.2, 0) is 6.61 Å². The third-order valence-corrected chi connectivity index (χ3v) is 3.22. The summed E-state index contributed by atoms with van der Waals surface area (Å²) in [5.74, 6) is 1.36. The van der Waals surface area contributed by atoms with Crippen molar-refractivity contribution >= 4 is 16.7 Å². The predicted octanol–water partition coefficient (Wildman–Crippen LogP) is 2.11. The molecule has 0 bridgehead atoms. The maximum Gasteiger partial charge on any atom is 0.140 e. The average molecular weight is 269 g/mol. The van der Waals surface area contributed by atoms with Crippen molar-refractivity contribution in [3.8, 4) is 11.4 Å². The molecular weight excluding hydrogens is 254 g/mol. The molecule has 5 heteroatoms. The first kappa shape index (κ1) is 12.5. The highest BCUT2D eigenvalue weighted by molar-refractivity contribution is 5.81. The van der Waals surface area contributed by atoms with Crippen molar-refractivity contribution in [3.63, 3.8) is 0 Å². The molecule has 1 heterocycles. The Hall–Kier alpha value is -2.53. The van der Waals surface area contributed by atoms with Crippen LogP contribution >= 0.6 is 0 Å². The van der Waals surface area contributed by atoms with Gasteiger partial charge in [0.05, 0.1) is 18.1 Å². The molecule has 0 saturated heterocycles. The van der Waals surface area contributed by atoms with Crippen LogP contribution in [0.4, 0.5) is 5.69 Å². The standard InChI is InChI=1S/C15H15N3O2/c1-20-12-5-3-11(4-6-12)18-14-7-2-10(16)8-13(14)17-15(18)9-19/h2-8,19H,9,16H2,1H3. The van der Waals surface area contributed by atoms with E-state index >= 15 is 0 Å². The molecule has 3 N–H and O–H groups in total. The molecule has 0 aliphatic carbocycles. The number of nitrogens with two attached hydrogens (primary N) is 1. The van der Waals surface area contributed by atoms with Gasteiger partial charge in [0, 0.05) is 11.4 Å². The lowest BCUT2D eigenvalue weighted by Gasteiger charge is -2.09. The summed E-state index contributed by atoms with van der Waals surface area (Å²) in [7, 11) is 1.63. The van der Waals surface area contributed by atoms with Gasteiger partial charge >= 0.3 is 0 Å². The minimum Gasteiger partial charge on any atom is -0.497 e. The molecule has 0 aliphatic heterocycles. The molecule has 0 atom stereocenters. The van der Waals surface area contributed by atoms with Crippen molar-refractivity contribution in [3.05, 3.63) is 48.3 Å². The number of hydrogen-bond donors (Lipinski definition) is 2. The fourth-order valence-electron chi connectivity index (χ4n) is 2.27. The largest absolute Gasteiger partial charge is 0.497 e. The maximum absolute atomic E-state index is 9.51. The van der Waals surface area contributed by atoms with E-state index in [9.17, 15) is 5.11 Å². The number of hydrogen-bond acceptors (Lipinski definition) is 4. The van der Waals surface area contributed by atoms with Crippen molar-refractivity contribution in [1.82, 2.24) is 9.55 Å². The summed E-state index contributed by atoms with van der Waals surface area (Å²) >= 11 is 0. The number of imidazole rings is 1. The molecule has 20 heavy (non-hydrogen) atoms. The van der Waals surface area contributed by atoms with Crippen LogP contribution in [0.2, 0.25) is 0 Å². The summed E-state index contributed by atoms with van der Waals surface area (Å²) in [5, 5.41) is 9.51.